The molecule has 379 valence electrons. The first-order chi connectivity index (χ1) is 33.8. The number of nitrogens with zero attached hydrogens (tertiary/aromatic N) is 8. The van der Waals surface area contributed by atoms with Crippen molar-refractivity contribution in [3.05, 3.63) is 161 Å². The van der Waals surface area contributed by atoms with E-state index in [2.05, 4.69) is 30.7 Å². The van der Waals surface area contributed by atoms with Gasteiger partial charge >= 0.3 is 124 Å². The van der Waals surface area contributed by atoms with E-state index in [-0.39, 0.29) is 207 Å². The zero-order valence-corrected chi connectivity index (χ0v) is 52.1. The van der Waals surface area contributed by atoms with E-state index in [1.54, 1.807) is 0 Å². The third kappa shape index (κ3) is 17.7. The van der Waals surface area contributed by atoms with Crippen LogP contribution in [-0.4, -0.2) is 77.8 Å². The van der Waals surface area contributed by atoms with E-state index in [1.165, 1.54) is 60.7 Å². The summed E-state index contributed by atoms with van der Waals surface area (Å²) < 4.78 is 144. The van der Waals surface area contributed by atoms with E-state index in [0.29, 0.717) is 6.07 Å². The van der Waals surface area contributed by atoms with Crippen molar-refractivity contribution in [3.63, 3.8) is 0 Å². The monoisotopic (exact) mass is 1210 g/mol. The van der Waals surface area contributed by atoms with Gasteiger partial charge in [0.2, 0.25) is 11.4 Å². The third-order valence-corrected chi connectivity index (χ3v) is 13.3. The molecule has 0 spiro atoms. The molecule has 0 aliphatic carbocycles. The fraction of sp³-hybridized carbons (Fsp3) is 0. The Hall–Kier alpha value is -4.03. The topological polar surface area (TPSA) is 413 Å². The molecule has 7 rings (SSSR count). The van der Waals surface area contributed by atoms with Crippen LogP contribution < -0.4 is 118 Å². The van der Waals surface area contributed by atoms with Crippen LogP contribution in [0.15, 0.2) is 184 Å². The number of carbonyl (C=O) groups is 1. The summed E-state index contributed by atoms with van der Waals surface area (Å²) in [6.45, 7) is 0. The number of aromatic carboxylic acids is 1. The summed E-state index contributed by atoms with van der Waals surface area (Å²) in [7, 11) is -20.8. The predicted molar refractivity (Wildman–Crippen MR) is 245 cm³/mol. The Bertz CT molecular complexity index is 4010. The first-order valence-electron chi connectivity index (χ1n) is 19.6. The molecule has 0 aliphatic rings. The molecule has 0 fully saturated rings. The first kappa shape index (κ1) is 69.1. The number of hydrogen-bond acceptors (Lipinski definition) is 22. The molecule has 0 aromatic heterocycles. The zero-order chi connectivity index (χ0) is 52.3. The summed E-state index contributed by atoms with van der Waals surface area (Å²) in [5.74, 6) is -2.29. The Labute approximate surface area is 536 Å². The SMILES string of the molecule is O=C(O)c1ccccc1N=Nc1c(S(=O)(=O)[O-])cc2cc([N+]([O-])=Nc3ccc(C=Cc4ccc(N=[N+]([O-])c5ccc(N=Nc6ccc(S(=O)(=O)[O-])cc6)cc5)cc4S(=O)(=O)[O-])c(S(=O)(=O)[O-])c3)ccc2c1O.[Cu].[Na+].[Na+].[Na+].[Na+]. The minimum Gasteiger partial charge on any atom is -0.744 e. The molecule has 2 N–H and O–H groups in total. The number of fused-ring (bicyclic) bond motifs is 1. The first-order valence-corrected chi connectivity index (χ1v) is 25.2. The van der Waals surface area contributed by atoms with Crippen molar-refractivity contribution in [1.29, 1.82) is 0 Å². The summed E-state index contributed by atoms with van der Waals surface area (Å²) in [4.78, 5) is 8.17. The Morgan fingerprint density at radius 1 is 0.494 bits per heavy atom. The number of aromatic hydroxyl groups is 1. The van der Waals surface area contributed by atoms with Gasteiger partial charge in [-0.2, -0.15) is 10.2 Å². The van der Waals surface area contributed by atoms with E-state index in [0.717, 1.165) is 78.9 Å². The van der Waals surface area contributed by atoms with Crippen LogP contribution in [0.2, 0.25) is 0 Å². The van der Waals surface area contributed by atoms with Gasteiger partial charge in [-0.15, -0.1) is 10.2 Å². The summed E-state index contributed by atoms with van der Waals surface area (Å²) >= 11 is 0. The number of phenolic OH excluding ortho intramolecular Hbond substituents is 1. The van der Waals surface area contributed by atoms with Crippen LogP contribution in [0.4, 0.5) is 45.5 Å². The summed E-state index contributed by atoms with van der Waals surface area (Å²) in [5.41, 5.74) is -2.87. The molecule has 0 bridgehead atoms. The molecule has 7 aromatic rings. The number of carboxylic acids is 1. The second-order valence-corrected chi connectivity index (χ2v) is 20.0. The van der Waals surface area contributed by atoms with Gasteiger partial charge in [0, 0.05) is 56.9 Å². The number of benzene rings is 7. The smallest absolute Gasteiger partial charge is 0.744 e. The van der Waals surface area contributed by atoms with E-state index in [4.69, 9.17) is 0 Å². The Kier molecular flexibility index (Phi) is 25.5. The maximum atomic E-state index is 13.3. The van der Waals surface area contributed by atoms with Crippen molar-refractivity contribution in [2.24, 2.45) is 30.7 Å². The van der Waals surface area contributed by atoms with Gasteiger partial charge in [-0.3, -0.25) is 0 Å². The van der Waals surface area contributed by atoms with Crippen LogP contribution in [0.25, 0.3) is 22.9 Å². The fourth-order valence-corrected chi connectivity index (χ4v) is 8.91. The Morgan fingerprint density at radius 2 is 0.935 bits per heavy atom. The van der Waals surface area contributed by atoms with Crippen molar-refractivity contribution in [2.45, 2.75) is 19.6 Å². The maximum Gasteiger partial charge on any atom is 1.00 e. The third-order valence-electron chi connectivity index (χ3n) is 9.78. The quantitative estimate of drug-likeness (QED) is 0.0254. The molecule has 0 saturated carbocycles. The van der Waals surface area contributed by atoms with Crippen molar-refractivity contribution >= 4 is 115 Å². The largest absolute Gasteiger partial charge is 1.00 e. The number of rotatable bonds is 15. The van der Waals surface area contributed by atoms with Crippen molar-refractivity contribution in [2.75, 3.05) is 0 Å². The van der Waals surface area contributed by atoms with Crippen LogP contribution in [0.1, 0.15) is 21.5 Å². The zero-order valence-electron chi connectivity index (χ0n) is 39.9. The number of hydrogen-bond donors (Lipinski definition) is 2. The van der Waals surface area contributed by atoms with E-state index in [9.17, 15) is 77.3 Å². The van der Waals surface area contributed by atoms with Crippen LogP contribution in [0.3, 0.4) is 0 Å². The molecule has 0 aliphatic heterocycles. The van der Waals surface area contributed by atoms with Gasteiger partial charge in [0.15, 0.2) is 5.75 Å². The molecular formula is C43H26CuN8Na4O17S4. The number of azo groups is 4. The van der Waals surface area contributed by atoms with E-state index in [1.807, 2.05) is 0 Å². The average Bonchev–Trinajstić information content (AvgIpc) is 3.31. The van der Waals surface area contributed by atoms with Gasteiger partial charge in [0.1, 0.15) is 63.2 Å². The molecule has 0 atom stereocenters. The Morgan fingerprint density at radius 3 is 1.40 bits per heavy atom. The van der Waals surface area contributed by atoms with Crippen molar-refractivity contribution in [1.82, 2.24) is 0 Å². The van der Waals surface area contributed by atoms with E-state index >= 15 is 0 Å². The summed E-state index contributed by atoms with van der Waals surface area (Å²) in [5, 5.41) is 68.9. The van der Waals surface area contributed by atoms with E-state index < -0.39 is 83.1 Å². The van der Waals surface area contributed by atoms with Crippen molar-refractivity contribution in [3.8, 4) is 5.75 Å². The van der Waals surface area contributed by atoms with Crippen molar-refractivity contribution < 1.29 is 212 Å². The molecule has 34 heteroatoms. The average molecular weight is 1210 g/mol. The standard InChI is InChI=1S/C43H30N8O17S4.Cu.4Na/c52-42-35-20-17-33(21-27(35)22-40(72(66,67)68)41(42)47-46-37-4-2-1-3-36(37)43(53)54)51(56)49-31-10-8-26(39(24-31)71(63,64)65)6-5-25-7-9-30(23-38(25)70(60,61)62)48-50(55)32-15-11-28(12-16-32)44-45-29-13-18-34(19-14-29)69(57,58)59;;;;;/h1-24,52H,(H,53,54)(H,57,58,59)(H,60,61,62)(H,63,64,65)(H,66,67,68);;;;;/q;;4*+1/p-4. The van der Waals surface area contributed by atoms with Gasteiger partial charge in [0.25, 0.3) is 0 Å². The summed E-state index contributed by atoms with van der Waals surface area (Å²) in [6, 6.07) is 24.8. The summed E-state index contributed by atoms with van der Waals surface area (Å²) in [6.07, 6.45) is 1.94. The normalized spacial score (nSPS) is 12.3. The number of phenols is 1. The van der Waals surface area contributed by atoms with Crippen LogP contribution in [-0.2, 0) is 57.5 Å². The van der Waals surface area contributed by atoms with Gasteiger partial charge < -0.3 is 38.8 Å². The molecule has 0 unspecified atom stereocenters. The second-order valence-electron chi connectivity index (χ2n) is 14.5. The van der Waals surface area contributed by atoms with Gasteiger partial charge in [-0.1, -0.05) is 46.1 Å². The van der Waals surface area contributed by atoms with Gasteiger partial charge in [-0.25, -0.2) is 38.5 Å². The predicted octanol–water partition coefficient (Wildman–Crippen LogP) is -3.27. The molecule has 25 nitrogen and oxygen atoms in total. The minimum atomic E-state index is -5.41. The Balaban J connectivity index is 0.00000406. The van der Waals surface area contributed by atoms with Gasteiger partial charge in [-0.05, 0) is 101 Å². The minimum absolute atomic E-state index is 0. The molecule has 1 radical (unpaired) electrons. The number of carboxylic acid groups (broad SMARTS) is 1. The molecule has 0 amide bonds. The van der Waals surface area contributed by atoms with Crippen LogP contribution >= 0.6 is 0 Å². The fourth-order valence-electron chi connectivity index (χ4n) is 6.42. The van der Waals surface area contributed by atoms with Crippen LogP contribution in [0, 0.1) is 10.4 Å². The second kappa shape index (κ2) is 28.4. The molecule has 7 aromatic carbocycles. The molecule has 77 heavy (non-hydrogen) atoms. The molecule has 0 saturated heterocycles. The van der Waals surface area contributed by atoms with Crippen LogP contribution in [0.5, 0.6) is 5.75 Å². The maximum absolute atomic E-state index is 13.3. The molecule has 0 heterocycles. The van der Waals surface area contributed by atoms with Gasteiger partial charge in [0.05, 0.1) is 36.5 Å². The molecular weight excluding hydrogens is 1180 g/mol.